The highest BCUT2D eigenvalue weighted by Crippen LogP contribution is 2.33. The molecule has 0 spiro atoms. The zero-order valence-corrected chi connectivity index (χ0v) is 21.6. The summed E-state index contributed by atoms with van der Waals surface area (Å²) in [5.74, 6) is 4.72. The fourth-order valence-electron chi connectivity index (χ4n) is 4.11. The summed E-state index contributed by atoms with van der Waals surface area (Å²) >= 11 is 2.06. The molecule has 2 heterocycles. The van der Waals surface area contributed by atoms with Crippen LogP contribution in [-0.2, 0) is 4.74 Å². The Morgan fingerprint density at radius 3 is 2.60 bits per heavy atom. The molecule has 8 heteroatoms. The van der Waals surface area contributed by atoms with Crippen molar-refractivity contribution in [2.24, 2.45) is 4.99 Å². The molecular formula is C22H37IN4O2S. The van der Waals surface area contributed by atoms with Gasteiger partial charge >= 0.3 is 0 Å². The molecule has 3 rings (SSSR count). The van der Waals surface area contributed by atoms with E-state index in [4.69, 9.17) is 9.47 Å². The fourth-order valence-corrected chi connectivity index (χ4v) is 5.59. The first kappa shape index (κ1) is 25.5. The van der Waals surface area contributed by atoms with Gasteiger partial charge in [0.25, 0.3) is 0 Å². The molecule has 2 atom stereocenters. The maximum absolute atomic E-state index is 5.56. The Morgan fingerprint density at radius 2 is 2.00 bits per heavy atom. The Morgan fingerprint density at radius 1 is 1.27 bits per heavy atom. The smallest absolute Gasteiger partial charge is 0.191 e. The van der Waals surface area contributed by atoms with Gasteiger partial charge in [-0.15, -0.1) is 24.0 Å². The van der Waals surface area contributed by atoms with Crippen molar-refractivity contribution in [1.29, 1.82) is 0 Å². The summed E-state index contributed by atoms with van der Waals surface area (Å²) in [6.45, 7) is 7.87. The van der Waals surface area contributed by atoms with Crippen molar-refractivity contribution < 1.29 is 9.47 Å². The van der Waals surface area contributed by atoms with Crippen LogP contribution in [0.3, 0.4) is 0 Å². The summed E-state index contributed by atoms with van der Waals surface area (Å²) < 4.78 is 10.8. The van der Waals surface area contributed by atoms with Crippen molar-refractivity contribution in [3.63, 3.8) is 0 Å². The molecule has 2 aliphatic heterocycles. The summed E-state index contributed by atoms with van der Waals surface area (Å²) in [6, 6.07) is 8.37. The van der Waals surface area contributed by atoms with Crippen molar-refractivity contribution in [1.82, 2.24) is 15.5 Å². The SMILES string of the molecule is CN=C(NCCC(C)c1ccc(OC)cc1)NCC1(N2CCOCC2)CCSC1.I. The second-order valence-electron chi connectivity index (χ2n) is 7.94. The highest BCUT2D eigenvalue weighted by Gasteiger charge is 2.40. The molecule has 2 saturated heterocycles. The van der Waals surface area contributed by atoms with Crippen molar-refractivity contribution in [2.75, 3.05) is 65.1 Å². The minimum absolute atomic E-state index is 0. The fraction of sp³-hybridized carbons (Fsp3) is 0.682. The first-order valence-corrected chi connectivity index (χ1v) is 11.8. The number of methoxy groups -OCH3 is 1. The molecule has 0 bridgehead atoms. The van der Waals surface area contributed by atoms with Gasteiger partial charge in [-0.25, -0.2) is 0 Å². The number of rotatable bonds is 8. The first-order valence-electron chi connectivity index (χ1n) is 10.7. The second-order valence-corrected chi connectivity index (χ2v) is 9.05. The lowest BCUT2D eigenvalue weighted by atomic mass is 9.95. The molecule has 0 aliphatic carbocycles. The van der Waals surface area contributed by atoms with Gasteiger partial charge in [-0.05, 0) is 42.2 Å². The zero-order chi connectivity index (χ0) is 20.5. The van der Waals surface area contributed by atoms with Gasteiger partial charge in [0, 0.05) is 44.5 Å². The number of nitrogens with zero attached hydrogens (tertiary/aromatic N) is 2. The lowest BCUT2D eigenvalue weighted by Crippen LogP contribution is -2.60. The molecule has 2 aliphatic rings. The summed E-state index contributed by atoms with van der Waals surface area (Å²) in [6.07, 6.45) is 2.29. The third kappa shape index (κ3) is 6.90. The normalized spacial score (nSPS) is 23.5. The van der Waals surface area contributed by atoms with E-state index < -0.39 is 0 Å². The predicted molar refractivity (Wildman–Crippen MR) is 138 cm³/mol. The van der Waals surface area contributed by atoms with E-state index in [0.29, 0.717) is 5.92 Å². The molecule has 30 heavy (non-hydrogen) atoms. The number of ether oxygens (including phenoxy) is 2. The van der Waals surface area contributed by atoms with Crippen LogP contribution >= 0.6 is 35.7 Å². The van der Waals surface area contributed by atoms with Crippen LogP contribution in [-0.4, -0.2) is 81.5 Å². The summed E-state index contributed by atoms with van der Waals surface area (Å²) in [5.41, 5.74) is 1.56. The van der Waals surface area contributed by atoms with E-state index in [1.807, 2.05) is 19.2 Å². The van der Waals surface area contributed by atoms with Crippen molar-refractivity contribution in [2.45, 2.75) is 31.2 Å². The molecule has 2 N–H and O–H groups in total. The van der Waals surface area contributed by atoms with Crippen LogP contribution in [0.15, 0.2) is 29.3 Å². The predicted octanol–water partition coefficient (Wildman–Crippen LogP) is 3.18. The number of aliphatic imine (C=N–C) groups is 1. The van der Waals surface area contributed by atoms with Gasteiger partial charge in [0.1, 0.15) is 5.75 Å². The topological polar surface area (TPSA) is 58.1 Å². The van der Waals surface area contributed by atoms with Crippen LogP contribution in [0.2, 0.25) is 0 Å². The average molecular weight is 549 g/mol. The van der Waals surface area contributed by atoms with Crippen LogP contribution in [0, 0.1) is 0 Å². The molecule has 2 fully saturated rings. The zero-order valence-electron chi connectivity index (χ0n) is 18.5. The van der Waals surface area contributed by atoms with Gasteiger partial charge in [-0.3, -0.25) is 9.89 Å². The second kappa shape index (κ2) is 13.0. The summed E-state index contributed by atoms with van der Waals surface area (Å²) in [5, 5.41) is 7.11. The average Bonchev–Trinajstić information content (AvgIpc) is 3.27. The molecule has 0 saturated carbocycles. The van der Waals surface area contributed by atoms with E-state index in [1.165, 1.54) is 23.5 Å². The van der Waals surface area contributed by atoms with Crippen LogP contribution < -0.4 is 15.4 Å². The van der Waals surface area contributed by atoms with Gasteiger partial charge in [-0.2, -0.15) is 11.8 Å². The maximum Gasteiger partial charge on any atom is 0.191 e. The number of hydrogen-bond acceptors (Lipinski definition) is 5. The van der Waals surface area contributed by atoms with Crippen LogP contribution in [0.5, 0.6) is 5.75 Å². The number of halogens is 1. The van der Waals surface area contributed by atoms with Crippen LogP contribution in [0.25, 0.3) is 0 Å². The highest BCUT2D eigenvalue weighted by molar-refractivity contribution is 14.0. The van der Waals surface area contributed by atoms with E-state index in [-0.39, 0.29) is 29.5 Å². The minimum Gasteiger partial charge on any atom is -0.497 e. The van der Waals surface area contributed by atoms with Gasteiger partial charge in [0.2, 0.25) is 0 Å². The molecule has 0 radical (unpaired) electrons. The molecule has 2 unspecified atom stereocenters. The highest BCUT2D eigenvalue weighted by atomic mass is 127. The molecular weight excluding hydrogens is 511 g/mol. The summed E-state index contributed by atoms with van der Waals surface area (Å²) in [4.78, 5) is 7.07. The number of benzene rings is 1. The lowest BCUT2D eigenvalue weighted by molar-refractivity contribution is -0.0120. The molecule has 1 aromatic carbocycles. The Balaban J connectivity index is 0.00000320. The van der Waals surface area contributed by atoms with E-state index >= 15 is 0 Å². The van der Waals surface area contributed by atoms with Gasteiger partial charge in [0.05, 0.1) is 20.3 Å². The molecule has 1 aromatic rings. The molecule has 6 nitrogen and oxygen atoms in total. The Kier molecular flexibility index (Phi) is 11.1. The number of morpholine rings is 1. The summed E-state index contributed by atoms with van der Waals surface area (Å²) in [7, 11) is 3.56. The molecule has 170 valence electrons. The Hall–Kier alpha value is -0.710. The number of guanidine groups is 1. The van der Waals surface area contributed by atoms with Gasteiger partial charge < -0.3 is 20.1 Å². The van der Waals surface area contributed by atoms with Crippen molar-refractivity contribution in [3.05, 3.63) is 29.8 Å². The monoisotopic (exact) mass is 548 g/mol. The van der Waals surface area contributed by atoms with Crippen LogP contribution in [0.1, 0.15) is 31.2 Å². The number of nitrogens with one attached hydrogen (secondary N) is 2. The molecule has 0 aromatic heterocycles. The Bertz CT molecular complexity index is 647. The van der Waals surface area contributed by atoms with E-state index in [9.17, 15) is 0 Å². The number of hydrogen-bond donors (Lipinski definition) is 2. The van der Waals surface area contributed by atoms with E-state index in [1.54, 1.807) is 7.11 Å². The van der Waals surface area contributed by atoms with E-state index in [2.05, 4.69) is 51.3 Å². The quantitative estimate of drug-likeness (QED) is 0.296. The maximum atomic E-state index is 5.56. The molecule has 0 amide bonds. The Labute approximate surface area is 203 Å². The van der Waals surface area contributed by atoms with Gasteiger partial charge in [-0.1, -0.05) is 19.1 Å². The number of thioether (sulfide) groups is 1. The standard InChI is InChI=1S/C22H36N4O2S.HI/c1-18(19-4-6-20(27-3)7-5-19)8-10-24-21(23-2)25-16-22(9-15-29-17-22)26-11-13-28-14-12-26;/h4-7,18H,8-17H2,1-3H3,(H2,23,24,25);1H. The van der Waals surface area contributed by atoms with Crippen molar-refractivity contribution in [3.8, 4) is 5.75 Å². The third-order valence-corrected chi connectivity index (χ3v) is 7.36. The third-order valence-electron chi connectivity index (χ3n) is 6.13. The van der Waals surface area contributed by atoms with Crippen molar-refractivity contribution >= 4 is 41.7 Å². The minimum atomic E-state index is 0. The lowest BCUT2D eigenvalue weighted by Gasteiger charge is -2.43. The van der Waals surface area contributed by atoms with E-state index in [0.717, 1.165) is 57.5 Å². The van der Waals surface area contributed by atoms with Gasteiger partial charge in [0.15, 0.2) is 5.96 Å². The first-order chi connectivity index (χ1) is 14.2. The van der Waals surface area contributed by atoms with Crippen LogP contribution in [0.4, 0.5) is 0 Å². The largest absolute Gasteiger partial charge is 0.497 e.